The van der Waals surface area contributed by atoms with Gasteiger partial charge in [0, 0.05) is 24.1 Å². The molecular formula is C22H22ClFN8O4. The molecule has 2 heterocycles. The molecule has 0 unspecified atom stereocenters. The number of nitro groups is 1. The predicted octanol–water partition coefficient (Wildman–Crippen LogP) is 2.65. The number of nitrogens with one attached hydrogen (secondary N) is 1. The summed E-state index contributed by atoms with van der Waals surface area (Å²) in [5, 5.41) is 22.3. The fourth-order valence-electron chi connectivity index (χ4n) is 5.42. The second-order valence-corrected chi connectivity index (χ2v) is 9.34. The lowest BCUT2D eigenvalue weighted by Crippen LogP contribution is -2.45. The van der Waals surface area contributed by atoms with Crippen LogP contribution in [0, 0.1) is 33.7 Å². The summed E-state index contributed by atoms with van der Waals surface area (Å²) in [6, 6.07) is 5.69. The fraction of sp³-hybridized carbons (Fsp3) is 0.409. The zero-order chi connectivity index (χ0) is 25.4. The monoisotopic (exact) mass is 516 g/mol. The Morgan fingerprint density at radius 1 is 1.36 bits per heavy atom. The summed E-state index contributed by atoms with van der Waals surface area (Å²) in [5.41, 5.74) is 6.96. The molecular weight excluding hydrogens is 495 g/mol. The zero-order valence-corrected chi connectivity index (χ0v) is 19.6. The first-order valence-electron chi connectivity index (χ1n) is 11.3. The van der Waals surface area contributed by atoms with E-state index in [1.54, 1.807) is 23.0 Å². The number of nitrogens with zero attached hydrogens (tertiary/aromatic N) is 6. The Balaban J connectivity index is 1.26. The molecule has 5 rings (SSSR count). The molecule has 12 nitrogen and oxygen atoms in total. The quantitative estimate of drug-likeness (QED) is 0.247. The third-order valence-electron chi connectivity index (χ3n) is 6.85. The van der Waals surface area contributed by atoms with Crippen molar-refractivity contribution < 1.29 is 18.8 Å². The maximum atomic E-state index is 14.3. The first-order valence-corrected chi connectivity index (χ1v) is 11.6. The minimum Gasteiger partial charge on any atom is -0.370 e. The van der Waals surface area contributed by atoms with Crippen molar-refractivity contribution in [2.75, 3.05) is 5.32 Å². The number of carbonyl (C=O) groups is 1. The van der Waals surface area contributed by atoms with E-state index in [-0.39, 0.29) is 47.9 Å². The van der Waals surface area contributed by atoms with Gasteiger partial charge in [0.05, 0.1) is 42.5 Å². The van der Waals surface area contributed by atoms with E-state index in [9.17, 15) is 19.3 Å². The van der Waals surface area contributed by atoms with Crippen LogP contribution < -0.4 is 11.1 Å². The van der Waals surface area contributed by atoms with Crippen molar-refractivity contribution in [3.8, 4) is 0 Å². The highest BCUT2D eigenvalue weighted by molar-refractivity contribution is 6.28. The molecule has 0 spiro atoms. The van der Waals surface area contributed by atoms with Crippen LogP contribution in [0.3, 0.4) is 0 Å². The van der Waals surface area contributed by atoms with Gasteiger partial charge in [0.2, 0.25) is 11.2 Å². The molecule has 1 amide bonds. The number of fused-ring (bicyclic) bond motifs is 2. The van der Waals surface area contributed by atoms with Crippen molar-refractivity contribution in [2.24, 2.45) is 23.5 Å². The molecule has 2 aliphatic rings. The number of non-ortho nitro benzene ring substituents is 1. The number of primary amides is 1. The number of nitrogens with two attached hydrogens (primary N) is 1. The number of anilines is 1. The molecule has 3 N–H and O–H groups in total. The standard InChI is InChI=1S/C22H22ClFN8O4/c23-22-26-7-16(24)21(28-22)27-19-15-5-12(18(19)20(25)33)6-17(15)31-8-13(29-30-31)10-36-9-11-2-1-3-14(4-11)32(34)35/h1-4,7-8,12,15,17-19H,5-6,9-10H2,(H2,25,33)(H,26,27,28)/t12-,15+,17+,18-,19+/m0/s1. The Morgan fingerprint density at radius 2 is 2.19 bits per heavy atom. The third kappa shape index (κ3) is 4.71. The van der Waals surface area contributed by atoms with Crippen LogP contribution in [0.2, 0.25) is 5.28 Å². The lowest BCUT2D eigenvalue weighted by molar-refractivity contribution is -0.385. The number of carbonyl (C=O) groups excluding carboxylic acids is 1. The van der Waals surface area contributed by atoms with Gasteiger partial charge in [-0.25, -0.2) is 14.1 Å². The lowest BCUT2D eigenvalue weighted by Gasteiger charge is -2.35. The number of ether oxygens (including phenoxy) is 1. The van der Waals surface area contributed by atoms with Gasteiger partial charge in [0.1, 0.15) is 5.69 Å². The number of benzene rings is 1. The van der Waals surface area contributed by atoms with E-state index >= 15 is 0 Å². The molecule has 36 heavy (non-hydrogen) atoms. The van der Waals surface area contributed by atoms with Gasteiger partial charge in [-0.05, 0) is 35.9 Å². The predicted molar refractivity (Wildman–Crippen MR) is 124 cm³/mol. The van der Waals surface area contributed by atoms with Gasteiger partial charge in [-0.1, -0.05) is 17.3 Å². The summed E-state index contributed by atoms with van der Waals surface area (Å²) >= 11 is 5.83. The van der Waals surface area contributed by atoms with Crippen LogP contribution in [0.25, 0.3) is 0 Å². The topological polar surface area (TPSA) is 164 Å². The molecule has 5 atom stereocenters. The van der Waals surface area contributed by atoms with Crippen LogP contribution >= 0.6 is 11.6 Å². The first kappa shape index (κ1) is 24.0. The highest BCUT2D eigenvalue weighted by atomic mass is 35.5. The molecule has 2 saturated carbocycles. The van der Waals surface area contributed by atoms with E-state index in [4.69, 9.17) is 22.1 Å². The highest BCUT2D eigenvalue weighted by Gasteiger charge is 2.56. The summed E-state index contributed by atoms with van der Waals surface area (Å²) in [5.74, 6) is -1.75. The van der Waals surface area contributed by atoms with E-state index in [1.807, 2.05) is 0 Å². The summed E-state index contributed by atoms with van der Waals surface area (Å²) in [6.45, 7) is 0.349. The normalized spacial score (nSPS) is 24.7. The molecule has 1 aromatic carbocycles. The summed E-state index contributed by atoms with van der Waals surface area (Å²) < 4.78 is 21.7. The van der Waals surface area contributed by atoms with E-state index < -0.39 is 28.6 Å². The zero-order valence-electron chi connectivity index (χ0n) is 18.8. The van der Waals surface area contributed by atoms with Crippen molar-refractivity contribution in [1.29, 1.82) is 0 Å². The molecule has 0 aliphatic heterocycles. The van der Waals surface area contributed by atoms with Crippen molar-refractivity contribution in [2.45, 2.75) is 38.1 Å². The molecule has 3 aromatic rings. The van der Waals surface area contributed by atoms with Crippen LogP contribution in [-0.2, 0) is 22.7 Å². The minimum atomic E-state index is -0.675. The molecule has 2 bridgehead atoms. The molecule has 0 saturated heterocycles. The minimum absolute atomic E-state index is 0.000113. The number of hydrogen-bond acceptors (Lipinski definition) is 9. The molecule has 2 aliphatic carbocycles. The Labute approximate surface area is 209 Å². The van der Waals surface area contributed by atoms with Crippen molar-refractivity contribution >= 4 is 29.0 Å². The van der Waals surface area contributed by atoms with Gasteiger partial charge in [0.15, 0.2) is 11.6 Å². The second kappa shape index (κ2) is 9.74. The average molecular weight is 517 g/mol. The lowest BCUT2D eigenvalue weighted by atomic mass is 9.81. The summed E-state index contributed by atoms with van der Waals surface area (Å²) in [7, 11) is 0. The molecule has 2 aromatic heterocycles. The van der Waals surface area contributed by atoms with Crippen LogP contribution in [0.1, 0.15) is 30.1 Å². The van der Waals surface area contributed by atoms with Gasteiger partial charge in [-0.15, -0.1) is 5.10 Å². The van der Waals surface area contributed by atoms with E-state index in [0.29, 0.717) is 17.7 Å². The Hall–Kier alpha value is -3.71. The van der Waals surface area contributed by atoms with E-state index in [1.165, 1.54) is 12.1 Å². The number of hydrogen-bond donors (Lipinski definition) is 2. The summed E-state index contributed by atoms with van der Waals surface area (Å²) in [4.78, 5) is 30.2. The molecule has 0 radical (unpaired) electrons. The smallest absolute Gasteiger partial charge is 0.269 e. The van der Waals surface area contributed by atoms with E-state index in [0.717, 1.165) is 12.6 Å². The number of amides is 1. The summed E-state index contributed by atoms with van der Waals surface area (Å²) in [6.07, 6.45) is 4.14. The number of nitro benzene ring substituents is 1. The van der Waals surface area contributed by atoms with Crippen LogP contribution in [0.5, 0.6) is 0 Å². The Bertz CT molecular complexity index is 1310. The van der Waals surface area contributed by atoms with Gasteiger partial charge >= 0.3 is 0 Å². The SMILES string of the molecule is NC(=O)[C@H]1[C@H]2C[C@@H]([C@H]1Nc1nc(Cl)ncc1F)[C@H](n1cc(COCc3cccc([N+](=O)[O-])c3)nn1)C2. The van der Waals surface area contributed by atoms with Gasteiger partial charge in [0.25, 0.3) is 5.69 Å². The van der Waals surface area contributed by atoms with E-state index in [2.05, 4.69) is 25.6 Å². The van der Waals surface area contributed by atoms with Crippen molar-refractivity contribution in [1.82, 2.24) is 25.0 Å². The van der Waals surface area contributed by atoms with Crippen LogP contribution in [-0.4, -0.2) is 41.8 Å². The molecule has 14 heteroatoms. The molecule has 2 fully saturated rings. The van der Waals surface area contributed by atoms with Gasteiger partial charge < -0.3 is 15.8 Å². The van der Waals surface area contributed by atoms with Crippen molar-refractivity contribution in [3.63, 3.8) is 0 Å². The van der Waals surface area contributed by atoms with Crippen LogP contribution in [0.15, 0.2) is 36.7 Å². The number of rotatable bonds is 9. The first-order chi connectivity index (χ1) is 17.3. The number of halogens is 2. The van der Waals surface area contributed by atoms with Crippen LogP contribution in [0.4, 0.5) is 15.9 Å². The van der Waals surface area contributed by atoms with Gasteiger partial charge in [-0.3, -0.25) is 14.9 Å². The number of aromatic nitrogens is 5. The Kier molecular flexibility index (Phi) is 6.49. The second-order valence-electron chi connectivity index (χ2n) is 9.01. The van der Waals surface area contributed by atoms with Crippen molar-refractivity contribution in [3.05, 3.63) is 69.1 Å². The average Bonchev–Trinajstić information content (AvgIpc) is 3.56. The largest absolute Gasteiger partial charge is 0.370 e. The third-order valence-corrected chi connectivity index (χ3v) is 7.04. The molecule has 188 valence electrons. The highest BCUT2D eigenvalue weighted by Crippen LogP contribution is 2.54. The Morgan fingerprint density at radius 3 is 2.97 bits per heavy atom. The van der Waals surface area contributed by atoms with Gasteiger partial charge in [-0.2, -0.15) is 4.98 Å². The maximum Gasteiger partial charge on any atom is 0.269 e. The maximum absolute atomic E-state index is 14.3. The fourth-order valence-corrected chi connectivity index (χ4v) is 5.55.